The fraction of sp³-hybridized carbons (Fsp3) is 0.786. The average molecular weight is 246 g/mol. The second-order valence-electron chi connectivity index (χ2n) is 6.01. The maximum atomic E-state index is 5.87. The minimum absolute atomic E-state index is 0.418. The Labute approximate surface area is 108 Å². The van der Waals surface area contributed by atoms with E-state index in [9.17, 15) is 0 Å². The van der Waals surface area contributed by atoms with Crippen molar-refractivity contribution >= 4 is 5.95 Å². The topological polar surface area (TPSA) is 64.7 Å². The number of hydrogen-bond donors (Lipinski definition) is 1. The Morgan fingerprint density at radius 2 is 1.56 bits per heavy atom. The molecule has 1 aromatic rings. The van der Waals surface area contributed by atoms with Gasteiger partial charge in [-0.05, 0) is 38.0 Å². The first-order chi connectivity index (χ1) is 8.72. The van der Waals surface area contributed by atoms with Crippen molar-refractivity contribution < 1.29 is 0 Å². The number of rotatable bonds is 2. The van der Waals surface area contributed by atoms with Crippen molar-refractivity contribution in [2.45, 2.75) is 63.7 Å². The lowest BCUT2D eigenvalue weighted by Gasteiger charge is -2.13. The van der Waals surface area contributed by atoms with Crippen LogP contribution in [0.1, 0.15) is 75.4 Å². The van der Waals surface area contributed by atoms with Crippen molar-refractivity contribution in [2.24, 2.45) is 5.92 Å². The molecule has 0 amide bonds. The SMILES string of the molecule is CC1CCC(c2nc(N)nc(C3CCCC3)n2)C1. The molecular weight excluding hydrogens is 224 g/mol. The highest BCUT2D eigenvalue weighted by atomic mass is 15.1. The highest BCUT2D eigenvalue weighted by molar-refractivity contribution is 5.20. The fourth-order valence-electron chi connectivity index (χ4n) is 3.42. The van der Waals surface area contributed by atoms with E-state index in [0.29, 0.717) is 17.8 Å². The minimum Gasteiger partial charge on any atom is -0.368 e. The second kappa shape index (κ2) is 4.82. The molecule has 1 heterocycles. The molecular formula is C14H22N4. The van der Waals surface area contributed by atoms with Crippen LogP contribution in [0.15, 0.2) is 0 Å². The van der Waals surface area contributed by atoms with Crippen molar-refractivity contribution in [3.05, 3.63) is 11.6 Å². The van der Waals surface area contributed by atoms with E-state index in [1.54, 1.807) is 0 Å². The molecule has 2 saturated carbocycles. The number of nitrogens with two attached hydrogens (primary N) is 1. The van der Waals surface area contributed by atoms with Gasteiger partial charge in [-0.15, -0.1) is 0 Å². The van der Waals surface area contributed by atoms with Gasteiger partial charge in [-0.1, -0.05) is 19.8 Å². The maximum absolute atomic E-state index is 5.87. The molecule has 0 bridgehead atoms. The van der Waals surface area contributed by atoms with Crippen LogP contribution in [0, 0.1) is 5.92 Å². The first-order valence-corrected chi connectivity index (χ1v) is 7.23. The summed E-state index contributed by atoms with van der Waals surface area (Å²) in [6.07, 6.45) is 8.71. The summed E-state index contributed by atoms with van der Waals surface area (Å²) < 4.78 is 0. The van der Waals surface area contributed by atoms with Gasteiger partial charge in [0.05, 0.1) is 0 Å². The lowest BCUT2D eigenvalue weighted by Crippen LogP contribution is -2.11. The minimum atomic E-state index is 0.418. The maximum Gasteiger partial charge on any atom is 0.223 e. The second-order valence-corrected chi connectivity index (χ2v) is 6.01. The molecule has 0 spiro atoms. The molecule has 1 aromatic heterocycles. The van der Waals surface area contributed by atoms with Crippen LogP contribution < -0.4 is 5.73 Å². The molecule has 2 N–H and O–H groups in total. The number of nitrogens with zero attached hydrogens (tertiary/aromatic N) is 3. The third kappa shape index (κ3) is 2.33. The first-order valence-electron chi connectivity index (χ1n) is 7.23. The van der Waals surface area contributed by atoms with E-state index in [2.05, 4.69) is 16.9 Å². The van der Waals surface area contributed by atoms with Gasteiger partial charge in [0.2, 0.25) is 5.95 Å². The number of aromatic nitrogens is 3. The molecule has 2 atom stereocenters. The van der Waals surface area contributed by atoms with Gasteiger partial charge in [-0.3, -0.25) is 0 Å². The Balaban J connectivity index is 1.85. The van der Waals surface area contributed by atoms with E-state index >= 15 is 0 Å². The molecule has 2 fully saturated rings. The van der Waals surface area contributed by atoms with Crippen molar-refractivity contribution in [3.63, 3.8) is 0 Å². The van der Waals surface area contributed by atoms with Crippen LogP contribution in [0.4, 0.5) is 5.95 Å². The van der Waals surface area contributed by atoms with Crippen LogP contribution in [0.3, 0.4) is 0 Å². The van der Waals surface area contributed by atoms with Gasteiger partial charge in [0.1, 0.15) is 11.6 Å². The van der Waals surface area contributed by atoms with Gasteiger partial charge >= 0.3 is 0 Å². The average Bonchev–Trinajstić information content (AvgIpc) is 2.98. The van der Waals surface area contributed by atoms with Crippen molar-refractivity contribution in [2.75, 3.05) is 5.73 Å². The molecule has 2 aliphatic carbocycles. The van der Waals surface area contributed by atoms with E-state index in [-0.39, 0.29) is 0 Å². The van der Waals surface area contributed by atoms with E-state index in [1.807, 2.05) is 0 Å². The standard InChI is InChI=1S/C14H22N4/c1-9-6-7-11(8-9)13-16-12(17-14(15)18-13)10-4-2-3-5-10/h9-11H,2-8H2,1H3,(H2,15,16,17,18). The fourth-order valence-corrected chi connectivity index (χ4v) is 3.42. The van der Waals surface area contributed by atoms with E-state index < -0.39 is 0 Å². The molecule has 2 unspecified atom stereocenters. The Morgan fingerprint density at radius 1 is 0.889 bits per heavy atom. The van der Waals surface area contributed by atoms with Crippen LogP contribution in [-0.2, 0) is 0 Å². The molecule has 0 saturated heterocycles. The highest BCUT2D eigenvalue weighted by Crippen LogP contribution is 2.38. The summed E-state index contributed by atoms with van der Waals surface area (Å²) >= 11 is 0. The molecule has 0 aromatic carbocycles. The van der Waals surface area contributed by atoms with Gasteiger partial charge in [0.15, 0.2) is 0 Å². The first kappa shape index (κ1) is 11.9. The third-order valence-electron chi connectivity index (χ3n) is 4.47. The van der Waals surface area contributed by atoms with E-state index in [0.717, 1.165) is 17.6 Å². The summed E-state index contributed by atoms with van der Waals surface area (Å²) in [5.74, 6) is 4.14. The molecule has 98 valence electrons. The lowest BCUT2D eigenvalue weighted by molar-refractivity contribution is 0.574. The van der Waals surface area contributed by atoms with Crippen molar-refractivity contribution in [1.82, 2.24) is 15.0 Å². The van der Waals surface area contributed by atoms with E-state index in [1.165, 1.54) is 44.9 Å². The van der Waals surface area contributed by atoms with Gasteiger partial charge in [0.25, 0.3) is 0 Å². The number of anilines is 1. The molecule has 4 heteroatoms. The third-order valence-corrected chi connectivity index (χ3v) is 4.47. The Bertz CT molecular complexity index is 426. The van der Waals surface area contributed by atoms with Gasteiger partial charge in [0, 0.05) is 11.8 Å². The number of nitrogen functional groups attached to an aromatic ring is 1. The highest BCUT2D eigenvalue weighted by Gasteiger charge is 2.27. The Hall–Kier alpha value is -1.19. The monoisotopic (exact) mass is 246 g/mol. The molecule has 2 aliphatic rings. The lowest BCUT2D eigenvalue weighted by atomic mass is 10.0. The smallest absolute Gasteiger partial charge is 0.223 e. The molecule has 0 aliphatic heterocycles. The van der Waals surface area contributed by atoms with Crippen molar-refractivity contribution in [1.29, 1.82) is 0 Å². The predicted molar refractivity (Wildman–Crippen MR) is 71.2 cm³/mol. The largest absolute Gasteiger partial charge is 0.368 e. The zero-order chi connectivity index (χ0) is 12.5. The van der Waals surface area contributed by atoms with Gasteiger partial charge < -0.3 is 5.73 Å². The Kier molecular flexibility index (Phi) is 3.18. The van der Waals surface area contributed by atoms with Crippen LogP contribution in [0.25, 0.3) is 0 Å². The van der Waals surface area contributed by atoms with Crippen LogP contribution in [0.5, 0.6) is 0 Å². The van der Waals surface area contributed by atoms with Crippen LogP contribution in [0.2, 0.25) is 0 Å². The summed E-state index contributed by atoms with van der Waals surface area (Å²) in [4.78, 5) is 13.5. The summed E-state index contributed by atoms with van der Waals surface area (Å²) in [6, 6.07) is 0. The molecule has 3 rings (SSSR count). The normalized spacial score (nSPS) is 28.9. The van der Waals surface area contributed by atoms with E-state index in [4.69, 9.17) is 10.7 Å². The van der Waals surface area contributed by atoms with Gasteiger partial charge in [-0.2, -0.15) is 9.97 Å². The van der Waals surface area contributed by atoms with Crippen LogP contribution in [-0.4, -0.2) is 15.0 Å². The summed E-state index contributed by atoms with van der Waals surface area (Å²) in [7, 11) is 0. The summed E-state index contributed by atoms with van der Waals surface area (Å²) in [5, 5.41) is 0. The molecule has 4 nitrogen and oxygen atoms in total. The number of hydrogen-bond acceptors (Lipinski definition) is 4. The molecule has 18 heavy (non-hydrogen) atoms. The summed E-state index contributed by atoms with van der Waals surface area (Å²) in [5.41, 5.74) is 5.87. The zero-order valence-corrected chi connectivity index (χ0v) is 11.1. The Morgan fingerprint density at radius 3 is 2.17 bits per heavy atom. The molecule has 0 radical (unpaired) electrons. The van der Waals surface area contributed by atoms with Crippen LogP contribution >= 0.6 is 0 Å². The zero-order valence-electron chi connectivity index (χ0n) is 11.1. The van der Waals surface area contributed by atoms with Gasteiger partial charge in [-0.25, -0.2) is 4.98 Å². The predicted octanol–water partition coefficient (Wildman–Crippen LogP) is 3.02. The quantitative estimate of drug-likeness (QED) is 0.871. The van der Waals surface area contributed by atoms with Crippen molar-refractivity contribution in [3.8, 4) is 0 Å². The summed E-state index contributed by atoms with van der Waals surface area (Å²) in [6.45, 7) is 2.31.